The van der Waals surface area contributed by atoms with Crippen molar-refractivity contribution in [3.63, 3.8) is 0 Å². The van der Waals surface area contributed by atoms with Crippen molar-refractivity contribution in [1.29, 1.82) is 0 Å². The van der Waals surface area contributed by atoms with Gasteiger partial charge in [-0.2, -0.15) is 0 Å². The molecular weight excluding hydrogens is 223 g/mol. The molecular formula is C13H17FO3. The van der Waals surface area contributed by atoms with Gasteiger partial charge in [0.1, 0.15) is 11.6 Å². The van der Waals surface area contributed by atoms with Gasteiger partial charge in [0.25, 0.3) is 0 Å². The fourth-order valence-electron chi connectivity index (χ4n) is 1.93. The Kier molecular flexibility index (Phi) is 3.76. The molecule has 17 heavy (non-hydrogen) atoms. The van der Waals surface area contributed by atoms with E-state index in [-0.39, 0.29) is 6.42 Å². The number of rotatable bonds is 4. The average molecular weight is 240 g/mol. The van der Waals surface area contributed by atoms with Crippen molar-refractivity contribution >= 4 is 5.97 Å². The highest BCUT2D eigenvalue weighted by Gasteiger charge is 2.31. The molecule has 0 aliphatic rings. The van der Waals surface area contributed by atoms with Crippen LogP contribution in [-0.4, -0.2) is 18.2 Å². The van der Waals surface area contributed by atoms with Crippen LogP contribution in [0.4, 0.5) is 4.39 Å². The first kappa shape index (κ1) is 13.5. The van der Waals surface area contributed by atoms with Crippen LogP contribution in [0, 0.1) is 12.7 Å². The second-order valence-electron chi connectivity index (χ2n) is 4.73. The van der Waals surface area contributed by atoms with Crippen LogP contribution in [0.2, 0.25) is 0 Å². The highest BCUT2D eigenvalue weighted by atomic mass is 19.1. The molecule has 1 aromatic carbocycles. The quantitative estimate of drug-likeness (QED) is 0.880. The number of ether oxygens (including phenoxy) is 1. The van der Waals surface area contributed by atoms with Crippen LogP contribution in [0.15, 0.2) is 12.1 Å². The maximum atomic E-state index is 14.1. The molecule has 1 aromatic rings. The van der Waals surface area contributed by atoms with Crippen molar-refractivity contribution in [3.8, 4) is 5.75 Å². The minimum Gasteiger partial charge on any atom is -0.496 e. The summed E-state index contributed by atoms with van der Waals surface area (Å²) in [7, 11) is 1.45. The second kappa shape index (κ2) is 4.73. The molecule has 0 aliphatic carbocycles. The van der Waals surface area contributed by atoms with Crippen molar-refractivity contribution in [1.82, 2.24) is 0 Å². The minimum atomic E-state index is -0.960. The summed E-state index contributed by atoms with van der Waals surface area (Å²) in [4.78, 5) is 10.8. The fraction of sp³-hybridized carbons (Fsp3) is 0.462. The van der Waals surface area contributed by atoms with E-state index < -0.39 is 17.2 Å². The van der Waals surface area contributed by atoms with Crippen molar-refractivity contribution in [2.45, 2.75) is 32.6 Å². The molecule has 0 saturated carbocycles. The van der Waals surface area contributed by atoms with Crippen LogP contribution in [0.5, 0.6) is 5.75 Å². The molecule has 0 amide bonds. The van der Waals surface area contributed by atoms with Gasteiger partial charge in [0.15, 0.2) is 0 Å². The van der Waals surface area contributed by atoms with Gasteiger partial charge in [-0.15, -0.1) is 0 Å². The van der Waals surface area contributed by atoms with E-state index in [0.717, 1.165) is 0 Å². The number of methoxy groups -OCH3 is 1. The standard InChI is InChI=1S/C13H17FO3/c1-8-5-6-9(17-4)11(12(8)14)13(2,3)7-10(15)16/h5-6H,7H2,1-4H3,(H,15,16). The van der Waals surface area contributed by atoms with Gasteiger partial charge in [-0.05, 0) is 18.6 Å². The molecule has 0 bridgehead atoms. The third kappa shape index (κ3) is 2.75. The van der Waals surface area contributed by atoms with Crippen LogP contribution < -0.4 is 4.74 Å². The Bertz CT molecular complexity index is 439. The molecule has 0 heterocycles. The number of hydrogen-bond acceptors (Lipinski definition) is 2. The van der Waals surface area contributed by atoms with E-state index in [1.165, 1.54) is 7.11 Å². The Hall–Kier alpha value is -1.58. The molecule has 0 aromatic heterocycles. The normalized spacial score (nSPS) is 11.4. The zero-order chi connectivity index (χ0) is 13.2. The average Bonchev–Trinajstić information content (AvgIpc) is 2.19. The summed E-state index contributed by atoms with van der Waals surface area (Å²) >= 11 is 0. The smallest absolute Gasteiger partial charge is 0.304 e. The van der Waals surface area contributed by atoms with E-state index in [1.807, 2.05) is 0 Å². The zero-order valence-corrected chi connectivity index (χ0v) is 10.5. The van der Waals surface area contributed by atoms with Gasteiger partial charge in [0.05, 0.1) is 13.5 Å². The van der Waals surface area contributed by atoms with Gasteiger partial charge >= 0.3 is 5.97 Å². The Morgan fingerprint density at radius 3 is 2.53 bits per heavy atom. The van der Waals surface area contributed by atoms with Crippen LogP contribution in [-0.2, 0) is 10.2 Å². The summed E-state index contributed by atoms with van der Waals surface area (Å²) in [5.74, 6) is -0.965. The summed E-state index contributed by atoms with van der Waals surface area (Å²) in [6, 6.07) is 3.28. The molecule has 3 nitrogen and oxygen atoms in total. The summed E-state index contributed by atoms with van der Waals surface area (Å²) in [5, 5.41) is 8.87. The predicted octanol–water partition coefficient (Wildman–Crippen LogP) is 2.90. The van der Waals surface area contributed by atoms with E-state index in [2.05, 4.69) is 0 Å². The highest BCUT2D eigenvalue weighted by Crippen LogP contribution is 2.37. The maximum Gasteiger partial charge on any atom is 0.304 e. The highest BCUT2D eigenvalue weighted by molar-refractivity contribution is 5.69. The number of benzene rings is 1. The Labute approximate surface area is 100 Å². The van der Waals surface area contributed by atoms with Crippen molar-refractivity contribution < 1.29 is 19.0 Å². The van der Waals surface area contributed by atoms with E-state index in [9.17, 15) is 9.18 Å². The molecule has 0 spiro atoms. The molecule has 1 N–H and O–H groups in total. The Morgan fingerprint density at radius 2 is 2.06 bits per heavy atom. The first-order valence-electron chi connectivity index (χ1n) is 5.35. The lowest BCUT2D eigenvalue weighted by Crippen LogP contribution is -2.24. The molecule has 0 saturated heterocycles. The first-order chi connectivity index (χ1) is 7.79. The molecule has 4 heteroatoms. The predicted molar refractivity (Wildman–Crippen MR) is 63.0 cm³/mol. The number of aryl methyl sites for hydroxylation is 1. The van der Waals surface area contributed by atoms with Crippen LogP contribution in [0.3, 0.4) is 0 Å². The van der Waals surface area contributed by atoms with Gasteiger partial charge in [0, 0.05) is 11.0 Å². The van der Waals surface area contributed by atoms with E-state index in [4.69, 9.17) is 9.84 Å². The topological polar surface area (TPSA) is 46.5 Å². The molecule has 0 radical (unpaired) electrons. The lowest BCUT2D eigenvalue weighted by molar-refractivity contribution is -0.138. The van der Waals surface area contributed by atoms with Gasteiger partial charge in [0.2, 0.25) is 0 Å². The van der Waals surface area contributed by atoms with E-state index in [0.29, 0.717) is 16.9 Å². The zero-order valence-electron chi connectivity index (χ0n) is 10.5. The van der Waals surface area contributed by atoms with Gasteiger partial charge in [-0.3, -0.25) is 4.79 Å². The number of hydrogen-bond donors (Lipinski definition) is 1. The Morgan fingerprint density at radius 1 is 1.47 bits per heavy atom. The number of halogens is 1. The lowest BCUT2D eigenvalue weighted by atomic mass is 9.80. The largest absolute Gasteiger partial charge is 0.496 e. The van der Waals surface area contributed by atoms with E-state index in [1.54, 1.807) is 32.9 Å². The van der Waals surface area contributed by atoms with Crippen molar-refractivity contribution in [2.75, 3.05) is 7.11 Å². The van der Waals surface area contributed by atoms with Crippen molar-refractivity contribution in [3.05, 3.63) is 29.1 Å². The fourth-order valence-corrected chi connectivity index (χ4v) is 1.93. The van der Waals surface area contributed by atoms with Gasteiger partial charge < -0.3 is 9.84 Å². The minimum absolute atomic E-state index is 0.149. The molecule has 0 aliphatic heterocycles. The van der Waals surface area contributed by atoms with Gasteiger partial charge in [-0.1, -0.05) is 19.9 Å². The lowest BCUT2D eigenvalue weighted by Gasteiger charge is -2.26. The summed E-state index contributed by atoms with van der Waals surface area (Å²) in [5.41, 5.74) is -0.00513. The van der Waals surface area contributed by atoms with Crippen molar-refractivity contribution in [2.24, 2.45) is 0 Å². The summed E-state index contributed by atoms with van der Waals surface area (Å²) in [6.45, 7) is 5.04. The maximum absolute atomic E-state index is 14.1. The molecule has 0 unspecified atom stereocenters. The molecule has 1 rings (SSSR count). The molecule has 0 fully saturated rings. The van der Waals surface area contributed by atoms with Gasteiger partial charge in [-0.25, -0.2) is 4.39 Å². The third-order valence-corrected chi connectivity index (χ3v) is 2.79. The second-order valence-corrected chi connectivity index (χ2v) is 4.73. The number of carboxylic acid groups (broad SMARTS) is 1. The SMILES string of the molecule is COc1ccc(C)c(F)c1C(C)(C)CC(=O)O. The molecule has 0 atom stereocenters. The molecule has 94 valence electrons. The van der Waals surface area contributed by atoms with Crippen LogP contribution >= 0.6 is 0 Å². The van der Waals surface area contributed by atoms with Crippen LogP contribution in [0.25, 0.3) is 0 Å². The van der Waals surface area contributed by atoms with Crippen LogP contribution in [0.1, 0.15) is 31.4 Å². The first-order valence-corrected chi connectivity index (χ1v) is 5.35. The summed E-state index contributed by atoms with van der Waals surface area (Å²) in [6.07, 6.45) is -0.149. The summed E-state index contributed by atoms with van der Waals surface area (Å²) < 4.78 is 19.2. The number of carboxylic acids is 1. The monoisotopic (exact) mass is 240 g/mol. The number of aliphatic carboxylic acids is 1. The Balaban J connectivity index is 3.37. The van der Waals surface area contributed by atoms with E-state index >= 15 is 0 Å². The number of carbonyl (C=O) groups is 1. The third-order valence-electron chi connectivity index (χ3n) is 2.79.